The van der Waals surface area contributed by atoms with Crippen LogP contribution in [-0.2, 0) is 17.9 Å². The lowest BCUT2D eigenvalue weighted by atomic mass is 10.0. The van der Waals surface area contributed by atoms with Crippen LogP contribution in [0.4, 0.5) is 11.4 Å². The van der Waals surface area contributed by atoms with Crippen molar-refractivity contribution in [3.8, 4) is 0 Å². The number of benzene rings is 4. The van der Waals surface area contributed by atoms with Crippen molar-refractivity contribution in [3.63, 3.8) is 0 Å². The summed E-state index contributed by atoms with van der Waals surface area (Å²) in [4.78, 5) is 41.1. The van der Waals surface area contributed by atoms with Gasteiger partial charge in [0.25, 0.3) is 5.91 Å². The third kappa shape index (κ3) is 7.09. The molecule has 0 radical (unpaired) electrons. The Balaban J connectivity index is 1.31. The number of hydrogen-bond donors (Lipinski definition) is 4. The average Bonchev–Trinajstić information content (AvgIpc) is 2.91. The molecule has 0 aliphatic heterocycles. The monoisotopic (exact) mass is 524 g/mol. The van der Waals surface area contributed by atoms with Crippen LogP contribution in [0.2, 0.25) is 0 Å². The van der Waals surface area contributed by atoms with E-state index in [-0.39, 0.29) is 23.3 Å². The predicted octanol–water partition coefficient (Wildman–Crippen LogP) is 6.09. The molecule has 0 bridgehead atoms. The first-order chi connectivity index (χ1) is 18.7. The lowest BCUT2D eigenvalue weighted by Gasteiger charge is -2.11. The van der Waals surface area contributed by atoms with Gasteiger partial charge in [0.15, 0.2) is 0 Å². The fraction of sp³-hybridized carbons (Fsp3) is 0.129. The molecule has 4 N–H and O–H groups in total. The molecule has 8 heteroatoms. The molecular formula is C31H28N2O6. The molecule has 4 rings (SSSR count). The van der Waals surface area contributed by atoms with Crippen molar-refractivity contribution in [1.29, 1.82) is 0 Å². The second-order valence-corrected chi connectivity index (χ2v) is 9.24. The zero-order chi connectivity index (χ0) is 27.9. The van der Waals surface area contributed by atoms with Crippen molar-refractivity contribution >= 4 is 29.2 Å². The number of aromatic carboxylic acids is 2. The van der Waals surface area contributed by atoms with Crippen LogP contribution in [0.5, 0.6) is 0 Å². The number of rotatable bonds is 10. The van der Waals surface area contributed by atoms with E-state index < -0.39 is 17.8 Å². The van der Waals surface area contributed by atoms with E-state index in [9.17, 15) is 24.6 Å². The Morgan fingerprint density at radius 3 is 1.82 bits per heavy atom. The summed E-state index contributed by atoms with van der Waals surface area (Å²) in [5.41, 5.74) is 8.58. The normalized spacial score (nSPS) is 10.6. The molecule has 1 amide bonds. The summed E-state index contributed by atoms with van der Waals surface area (Å²) in [6.07, 6.45) is 0.681. The SMILES string of the molecule is Cc1ccc(NOCc2ccc(Cc3ccc(NC(=O)c4ccc(C)cc4C(=O)O)cc3)cc2)c(C(=O)O)c1. The quantitative estimate of drug-likeness (QED) is 0.185. The summed E-state index contributed by atoms with van der Waals surface area (Å²) < 4.78 is 0. The van der Waals surface area contributed by atoms with Gasteiger partial charge < -0.3 is 15.5 Å². The first-order valence-electron chi connectivity index (χ1n) is 12.2. The first-order valence-corrected chi connectivity index (χ1v) is 12.2. The average molecular weight is 525 g/mol. The molecule has 0 saturated carbocycles. The van der Waals surface area contributed by atoms with E-state index in [4.69, 9.17) is 4.84 Å². The van der Waals surface area contributed by atoms with Gasteiger partial charge in [0, 0.05) is 5.69 Å². The molecule has 0 fully saturated rings. The van der Waals surface area contributed by atoms with Gasteiger partial charge in [-0.3, -0.25) is 15.1 Å². The summed E-state index contributed by atoms with van der Waals surface area (Å²) in [6, 6.07) is 25.0. The van der Waals surface area contributed by atoms with Gasteiger partial charge in [-0.15, -0.1) is 0 Å². The maximum absolute atomic E-state index is 12.7. The van der Waals surface area contributed by atoms with Gasteiger partial charge in [-0.2, -0.15) is 0 Å². The van der Waals surface area contributed by atoms with E-state index in [0.717, 1.165) is 27.8 Å². The summed E-state index contributed by atoms with van der Waals surface area (Å²) in [6.45, 7) is 3.86. The predicted molar refractivity (Wildman–Crippen MR) is 148 cm³/mol. The third-order valence-corrected chi connectivity index (χ3v) is 6.12. The lowest BCUT2D eigenvalue weighted by molar-refractivity contribution is 0.0684. The zero-order valence-electron chi connectivity index (χ0n) is 21.5. The molecule has 0 saturated heterocycles. The molecule has 198 valence electrons. The molecule has 0 atom stereocenters. The Labute approximate surface area is 225 Å². The third-order valence-electron chi connectivity index (χ3n) is 6.12. The number of aryl methyl sites for hydroxylation is 2. The fourth-order valence-corrected chi connectivity index (χ4v) is 4.05. The van der Waals surface area contributed by atoms with Crippen molar-refractivity contribution in [3.05, 3.63) is 129 Å². The van der Waals surface area contributed by atoms with Crippen LogP contribution >= 0.6 is 0 Å². The number of carboxylic acid groups (broad SMARTS) is 2. The van der Waals surface area contributed by atoms with Crippen LogP contribution < -0.4 is 10.8 Å². The van der Waals surface area contributed by atoms with Crippen molar-refractivity contribution < 1.29 is 29.4 Å². The van der Waals surface area contributed by atoms with E-state index in [1.165, 1.54) is 12.1 Å². The van der Waals surface area contributed by atoms with Gasteiger partial charge in [0.2, 0.25) is 0 Å². The van der Waals surface area contributed by atoms with Crippen LogP contribution in [0.1, 0.15) is 58.9 Å². The highest BCUT2D eigenvalue weighted by molar-refractivity contribution is 6.10. The Kier molecular flexibility index (Phi) is 8.38. The topological polar surface area (TPSA) is 125 Å². The molecule has 4 aromatic carbocycles. The summed E-state index contributed by atoms with van der Waals surface area (Å²) >= 11 is 0. The summed E-state index contributed by atoms with van der Waals surface area (Å²) in [5, 5.41) is 21.5. The number of amides is 1. The second-order valence-electron chi connectivity index (χ2n) is 9.24. The molecule has 39 heavy (non-hydrogen) atoms. The minimum absolute atomic E-state index is 0.0334. The van der Waals surface area contributed by atoms with Gasteiger partial charge in [0.1, 0.15) is 0 Å². The van der Waals surface area contributed by atoms with Crippen LogP contribution in [0, 0.1) is 13.8 Å². The summed E-state index contributed by atoms with van der Waals surface area (Å²) in [5.74, 6) is -2.65. The lowest BCUT2D eigenvalue weighted by Crippen LogP contribution is -2.16. The Hall–Kier alpha value is -4.95. The highest BCUT2D eigenvalue weighted by Gasteiger charge is 2.17. The Morgan fingerprint density at radius 2 is 1.21 bits per heavy atom. The maximum Gasteiger partial charge on any atom is 0.337 e. The van der Waals surface area contributed by atoms with Gasteiger partial charge in [-0.05, 0) is 73.4 Å². The largest absolute Gasteiger partial charge is 0.478 e. The number of nitrogens with one attached hydrogen (secondary N) is 2. The van der Waals surface area contributed by atoms with Crippen LogP contribution in [0.3, 0.4) is 0 Å². The van der Waals surface area contributed by atoms with Gasteiger partial charge in [0.05, 0.1) is 29.0 Å². The minimum Gasteiger partial charge on any atom is -0.478 e. The number of anilines is 2. The zero-order valence-corrected chi connectivity index (χ0v) is 21.5. The van der Waals surface area contributed by atoms with E-state index >= 15 is 0 Å². The Morgan fingerprint density at radius 1 is 0.667 bits per heavy atom. The van der Waals surface area contributed by atoms with Gasteiger partial charge in [-0.25, -0.2) is 9.59 Å². The van der Waals surface area contributed by atoms with Crippen molar-refractivity contribution in [1.82, 2.24) is 0 Å². The highest BCUT2D eigenvalue weighted by Crippen LogP contribution is 2.20. The van der Waals surface area contributed by atoms with Crippen LogP contribution in [0.25, 0.3) is 0 Å². The van der Waals surface area contributed by atoms with Crippen molar-refractivity contribution in [2.75, 3.05) is 10.8 Å². The minimum atomic E-state index is -1.15. The molecule has 0 spiro atoms. The molecule has 4 aromatic rings. The highest BCUT2D eigenvalue weighted by atomic mass is 16.6. The molecular weight excluding hydrogens is 496 g/mol. The molecule has 0 heterocycles. The molecule has 0 aliphatic rings. The van der Waals surface area contributed by atoms with Gasteiger partial charge >= 0.3 is 11.9 Å². The van der Waals surface area contributed by atoms with Gasteiger partial charge in [-0.1, -0.05) is 59.7 Å². The smallest absolute Gasteiger partial charge is 0.337 e. The van der Waals surface area contributed by atoms with Crippen LogP contribution in [0.15, 0.2) is 84.9 Å². The maximum atomic E-state index is 12.7. The second kappa shape index (κ2) is 12.1. The molecule has 0 aromatic heterocycles. The van der Waals surface area contributed by atoms with E-state index in [1.54, 1.807) is 37.3 Å². The van der Waals surface area contributed by atoms with E-state index in [0.29, 0.717) is 17.8 Å². The number of carbonyl (C=O) groups excluding carboxylic acids is 1. The fourth-order valence-electron chi connectivity index (χ4n) is 4.05. The standard InChI is InChI=1S/C31H28N2O6/c1-19-3-13-25(26(15-19)30(35)36)29(34)32-24-11-9-22(10-12-24)17-21-5-7-23(8-6-21)18-39-33-28-14-4-20(2)16-27(28)31(37)38/h3-16,33H,17-18H2,1-2H3,(H,32,34)(H,35,36)(H,37,38). The summed E-state index contributed by atoms with van der Waals surface area (Å²) in [7, 11) is 0. The first kappa shape index (κ1) is 27.1. The van der Waals surface area contributed by atoms with Crippen molar-refractivity contribution in [2.45, 2.75) is 26.9 Å². The Bertz CT molecular complexity index is 1510. The van der Waals surface area contributed by atoms with E-state index in [1.807, 2.05) is 49.4 Å². The van der Waals surface area contributed by atoms with Crippen LogP contribution in [-0.4, -0.2) is 28.1 Å². The van der Waals surface area contributed by atoms with E-state index in [2.05, 4.69) is 10.8 Å². The number of carboxylic acids is 2. The molecule has 0 aliphatic carbocycles. The molecule has 0 unspecified atom stereocenters. The van der Waals surface area contributed by atoms with Crippen molar-refractivity contribution in [2.24, 2.45) is 0 Å². The number of carbonyl (C=O) groups is 3. The molecule has 8 nitrogen and oxygen atoms in total. The number of hydrogen-bond acceptors (Lipinski definition) is 5.